The van der Waals surface area contributed by atoms with Crippen molar-refractivity contribution in [1.29, 1.82) is 0 Å². The van der Waals surface area contributed by atoms with Crippen LogP contribution in [0.3, 0.4) is 0 Å². The van der Waals surface area contributed by atoms with E-state index in [1.165, 1.54) is 0 Å². The molecular formula is C13H12ClNO2. The second kappa shape index (κ2) is 5.17. The lowest BCUT2D eigenvalue weighted by Crippen LogP contribution is -1.94. The van der Waals surface area contributed by atoms with Crippen LogP contribution in [-0.2, 0) is 6.61 Å². The molecule has 4 heteroatoms. The maximum atomic E-state index is 9.19. The van der Waals surface area contributed by atoms with E-state index in [9.17, 15) is 5.11 Å². The lowest BCUT2D eigenvalue weighted by atomic mass is 10.2. The van der Waals surface area contributed by atoms with Gasteiger partial charge < -0.3 is 9.84 Å². The van der Waals surface area contributed by atoms with E-state index in [1.807, 2.05) is 19.1 Å². The summed E-state index contributed by atoms with van der Waals surface area (Å²) in [6.45, 7) is 1.80. The van der Waals surface area contributed by atoms with E-state index in [1.54, 1.807) is 24.5 Å². The lowest BCUT2D eigenvalue weighted by molar-refractivity contribution is 0.276. The van der Waals surface area contributed by atoms with Gasteiger partial charge in [-0.05, 0) is 25.1 Å². The van der Waals surface area contributed by atoms with Crippen LogP contribution >= 0.6 is 11.6 Å². The molecule has 2 aromatic rings. The second-order valence-electron chi connectivity index (χ2n) is 3.61. The molecule has 3 nitrogen and oxygen atoms in total. The van der Waals surface area contributed by atoms with Gasteiger partial charge in [-0.15, -0.1) is 0 Å². The average molecular weight is 250 g/mol. The number of benzene rings is 1. The number of pyridine rings is 1. The number of hydrogen-bond acceptors (Lipinski definition) is 3. The molecule has 0 fully saturated rings. The number of aliphatic hydroxyl groups is 1. The van der Waals surface area contributed by atoms with Crippen molar-refractivity contribution in [3.8, 4) is 11.5 Å². The standard InChI is InChI=1S/C13H12ClNO2/c1-9-11(14)3-2-4-12(9)17-13-7-15-6-5-10(13)8-16/h2-7,16H,8H2,1H3. The van der Waals surface area contributed by atoms with Crippen molar-refractivity contribution < 1.29 is 9.84 Å². The van der Waals surface area contributed by atoms with Crippen molar-refractivity contribution in [3.05, 3.63) is 52.8 Å². The normalized spacial score (nSPS) is 10.3. The van der Waals surface area contributed by atoms with Crippen molar-refractivity contribution in [2.75, 3.05) is 0 Å². The van der Waals surface area contributed by atoms with Crippen molar-refractivity contribution in [2.24, 2.45) is 0 Å². The molecule has 1 heterocycles. The largest absolute Gasteiger partial charge is 0.455 e. The summed E-state index contributed by atoms with van der Waals surface area (Å²) >= 11 is 6.01. The Balaban J connectivity index is 2.35. The number of ether oxygens (including phenoxy) is 1. The zero-order chi connectivity index (χ0) is 12.3. The Hall–Kier alpha value is -1.58. The Morgan fingerprint density at radius 1 is 1.29 bits per heavy atom. The van der Waals surface area contributed by atoms with Gasteiger partial charge >= 0.3 is 0 Å². The molecule has 0 bridgehead atoms. The van der Waals surface area contributed by atoms with E-state index in [0.717, 1.165) is 5.56 Å². The van der Waals surface area contributed by atoms with Crippen LogP contribution in [0.25, 0.3) is 0 Å². The summed E-state index contributed by atoms with van der Waals surface area (Å²) in [6.07, 6.45) is 3.19. The molecule has 2 rings (SSSR count). The zero-order valence-corrected chi connectivity index (χ0v) is 10.1. The van der Waals surface area contributed by atoms with Crippen LogP contribution in [0.2, 0.25) is 5.02 Å². The van der Waals surface area contributed by atoms with Gasteiger partial charge in [0.2, 0.25) is 0 Å². The van der Waals surface area contributed by atoms with Crippen LogP contribution in [-0.4, -0.2) is 10.1 Å². The number of hydrogen-bond donors (Lipinski definition) is 1. The number of aliphatic hydroxyl groups excluding tert-OH is 1. The molecule has 17 heavy (non-hydrogen) atoms. The molecule has 0 aliphatic heterocycles. The first kappa shape index (κ1) is 11.9. The SMILES string of the molecule is Cc1c(Cl)cccc1Oc1cnccc1CO. The van der Waals surface area contributed by atoms with Crippen LogP contribution in [0.4, 0.5) is 0 Å². The minimum Gasteiger partial charge on any atom is -0.455 e. The molecular weight excluding hydrogens is 238 g/mol. The van der Waals surface area contributed by atoms with Crippen LogP contribution < -0.4 is 4.74 Å². The Bertz CT molecular complexity index is 529. The van der Waals surface area contributed by atoms with E-state index < -0.39 is 0 Å². The third kappa shape index (κ3) is 2.57. The topological polar surface area (TPSA) is 42.4 Å². The molecule has 1 N–H and O–H groups in total. The highest BCUT2D eigenvalue weighted by Gasteiger charge is 2.07. The molecule has 88 valence electrons. The summed E-state index contributed by atoms with van der Waals surface area (Å²) in [5, 5.41) is 9.84. The van der Waals surface area contributed by atoms with E-state index in [0.29, 0.717) is 22.1 Å². The Labute approximate surface area is 105 Å². The quantitative estimate of drug-likeness (QED) is 0.907. The average Bonchev–Trinajstić information content (AvgIpc) is 2.35. The van der Waals surface area contributed by atoms with Crippen molar-refractivity contribution in [3.63, 3.8) is 0 Å². The first-order chi connectivity index (χ1) is 8.22. The predicted octanol–water partition coefficient (Wildman–Crippen LogP) is 3.33. The maximum Gasteiger partial charge on any atom is 0.151 e. The minimum atomic E-state index is -0.0858. The highest BCUT2D eigenvalue weighted by molar-refractivity contribution is 6.31. The molecule has 0 radical (unpaired) electrons. The van der Waals surface area contributed by atoms with Crippen LogP contribution in [0, 0.1) is 6.92 Å². The van der Waals surface area contributed by atoms with Crippen molar-refractivity contribution in [1.82, 2.24) is 4.98 Å². The number of nitrogens with zero attached hydrogens (tertiary/aromatic N) is 1. The van der Waals surface area contributed by atoms with Crippen LogP contribution in [0.1, 0.15) is 11.1 Å². The van der Waals surface area contributed by atoms with Crippen molar-refractivity contribution in [2.45, 2.75) is 13.5 Å². The fourth-order valence-electron chi connectivity index (χ4n) is 1.45. The van der Waals surface area contributed by atoms with Crippen molar-refractivity contribution >= 4 is 11.6 Å². The van der Waals surface area contributed by atoms with Gasteiger partial charge in [0.1, 0.15) is 5.75 Å². The Kier molecular flexibility index (Phi) is 3.61. The fraction of sp³-hybridized carbons (Fsp3) is 0.154. The smallest absolute Gasteiger partial charge is 0.151 e. The monoisotopic (exact) mass is 249 g/mol. The third-order valence-corrected chi connectivity index (χ3v) is 2.89. The molecule has 1 aromatic heterocycles. The molecule has 0 spiro atoms. The van der Waals surface area contributed by atoms with Gasteiger partial charge in [0.25, 0.3) is 0 Å². The lowest BCUT2D eigenvalue weighted by Gasteiger charge is -2.11. The fourth-order valence-corrected chi connectivity index (χ4v) is 1.61. The summed E-state index contributed by atoms with van der Waals surface area (Å²) in [4.78, 5) is 3.97. The van der Waals surface area contributed by atoms with E-state index in [-0.39, 0.29) is 6.61 Å². The molecule has 0 unspecified atom stereocenters. The van der Waals surface area contributed by atoms with Gasteiger partial charge in [0.15, 0.2) is 5.75 Å². The Morgan fingerprint density at radius 3 is 2.88 bits per heavy atom. The first-order valence-electron chi connectivity index (χ1n) is 5.19. The minimum absolute atomic E-state index is 0.0858. The maximum absolute atomic E-state index is 9.19. The van der Waals surface area contributed by atoms with Gasteiger partial charge in [-0.1, -0.05) is 17.7 Å². The summed E-state index contributed by atoms with van der Waals surface area (Å²) in [7, 11) is 0. The number of halogens is 1. The molecule has 0 saturated carbocycles. The van der Waals surface area contributed by atoms with Gasteiger partial charge in [0, 0.05) is 22.3 Å². The van der Waals surface area contributed by atoms with Gasteiger partial charge in [-0.25, -0.2) is 0 Å². The second-order valence-corrected chi connectivity index (χ2v) is 4.01. The number of aromatic nitrogens is 1. The van der Waals surface area contributed by atoms with Crippen LogP contribution in [0.5, 0.6) is 11.5 Å². The summed E-state index contributed by atoms with van der Waals surface area (Å²) in [5.41, 5.74) is 1.56. The molecule has 1 aromatic carbocycles. The highest BCUT2D eigenvalue weighted by Crippen LogP contribution is 2.30. The van der Waals surface area contributed by atoms with Gasteiger partial charge in [-0.3, -0.25) is 4.98 Å². The first-order valence-corrected chi connectivity index (χ1v) is 5.57. The molecule has 0 atom stereocenters. The van der Waals surface area contributed by atoms with Crippen LogP contribution in [0.15, 0.2) is 36.7 Å². The van der Waals surface area contributed by atoms with E-state index >= 15 is 0 Å². The molecule has 0 saturated heterocycles. The van der Waals surface area contributed by atoms with Gasteiger partial charge in [-0.2, -0.15) is 0 Å². The zero-order valence-electron chi connectivity index (χ0n) is 9.35. The molecule has 0 amide bonds. The predicted molar refractivity (Wildman–Crippen MR) is 66.4 cm³/mol. The highest BCUT2D eigenvalue weighted by atomic mass is 35.5. The molecule has 0 aliphatic carbocycles. The summed E-state index contributed by atoms with van der Waals surface area (Å²) in [5.74, 6) is 1.21. The number of rotatable bonds is 3. The van der Waals surface area contributed by atoms with E-state index in [2.05, 4.69) is 4.98 Å². The molecule has 0 aliphatic rings. The summed E-state index contributed by atoms with van der Waals surface area (Å²) < 4.78 is 5.71. The summed E-state index contributed by atoms with van der Waals surface area (Å²) in [6, 6.07) is 7.17. The Morgan fingerprint density at radius 2 is 2.12 bits per heavy atom. The third-order valence-electron chi connectivity index (χ3n) is 2.48. The van der Waals surface area contributed by atoms with E-state index in [4.69, 9.17) is 16.3 Å². The van der Waals surface area contributed by atoms with Gasteiger partial charge in [0.05, 0.1) is 12.8 Å².